The number of rotatable bonds is 5. The molecule has 1 aromatic rings. The average Bonchev–Trinajstić information content (AvgIpc) is 2.28. The van der Waals surface area contributed by atoms with Crippen LogP contribution in [-0.2, 0) is 4.79 Å². The van der Waals surface area contributed by atoms with Gasteiger partial charge in [0.05, 0.1) is 0 Å². The first-order valence-electron chi connectivity index (χ1n) is 5.76. The summed E-state index contributed by atoms with van der Waals surface area (Å²) in [6.07, 6.45) is 0. The molecule has 0 aromatic heterocycles. The predicted octanol–water partition coefficient (Wildman–Crippen LogP) is 1.81. The molecule has 0 saturated carbocycles. The van der Waals surface area contributed by atoms with Gasteiger partial charge in [0.1, 0.15) is 5.75 Å². The van der Waals surface area contributed by atoms with Crippen LogP contribution in [0.1, 0.15) is 20.8 Å². The molecule has 0 saturated heterocycles. The van der Waals surface area contributed by atoms with Crippen molar-refractivity contribution in [3.05, 3.63) is 24.3 Å². The molecule has 1 atom stereocenters. The summed E-state index contributed by atoms with van der Waals surface area (Å²) in [5.74, 6) is 0.949. The van der Waals surface area contributed by atoms with Crippen LogP contribution in [-0.4, -0.2) is 18.6 Å². The van der Waals surface area contributed by atoms with E-state index in [0.717, 1.165) is 0 Å². The Bertz CT molecular complexity index is 360. The number of nitrogens with one attached hydrogen (secondary N) is 1. The van der Waals surface area contributed by atoms with E-state index in [0.29, 0.717) is 17.4 Å². The summed E-state index contributed by atoms with van der Waals surface area (Å²) in [5, 5.41) is 2.87. The highest BCUT2D eigenvalue weighted by atomic mass is 16.5. The van der Waals surface area contributed by atoms with Crippen molar-refractivity contribution in [1.29, 1.82) is 0 Å². The van der Waals surface area contributed by atoms with Gasteiger partial charge in [-0.1, -0.05) is 13.8 Å². The molecule has 0 aliphatic heterocycles. The van der Waals surface area contributed by atoms with E-state index < -0.39 is 0 Å². The summed E-state index contributed by atoms with van der Waals surface area (Å²) in [4.78, 5) is 11.5. The molecule has 1 amide bonds. The zero-order valence-electron chi connectivity index (χ0n) is 10.6. The summed E-state index contributed by atoms with van der Waals surface area (Å²) in [7, 11) is 0. The van der Waals surface area contributed by atoms with E-state index >= 15 is 0 Å². The molecular formula is C13H20N2O2. The number of amides is 1. The molecule has 17 heavy (non-hydrogen) atoms. The maximum atomic E-state index is 11.5. The summed E-state index contributed by atoms with van der Waals surface area (Å²) < 4.78 is 5.34. The number of hydrogen-bond acceptors (Lipinski definition) is 3. The molecule has 0 bridgehead atoms. The van der Waals surface area contributed by atoms with Crippen molar-refractivity contribution in [2.75, 3.05) is 12.3 Å². The number of nitrogen functional groups attached to an aromatic ring is 1. The van der Waals surface area contributed by atoms with Crippen molar-refractivity contribution in [3.8, 4) is 5.75 Å². The van der Waals surface area contributed by atoms with Gasteiger partial charge in [0.25, 0.3) is 5.91 Å². The average molecular weight is 236 g/mol. The molecule has 1 unspecified atom stereocenters. The second-order valence-corrected chi connectivity index (χ2v) is 4.46. The molecule has 0 spiro atoms. The second kappa shape index (κ2) is 6.13. The molecule has 94 valence electrons. The van der Waals surface area contributed by atoms with E-state index in [1.165, 1.54) is 0 Å². The Labute approximate surface area is 102 Å². The molecule has 3 N–H and O–H groups in total. The Hall–Kier alpha value is -1.71. The van der Waals surface area contributed by atoms with Gasteiger partial charge in [-0.2, -0.15) is 0 Å². The van der Waals surface area contributed by atoms with Gasteiger partial charge in [-0.05, 0) is 37.1 Å². The lowest BCUT2D eigenvalue weighted by Gasteiger charge is -2.17. The summed E-state index contributed by atoms with van der Waals surface area (Å²) >= 11 is 0. The van der Waals surface area contributed by atoms with Crippen LogP contribution >= 0.6 is 0 Å². The molecule has 0 radical (unpaired) electrons. The fourth-order valence-corrected chi connectivity index (χ4v) is 1.18. The van der Waals surface area contributed by atoms with Crippen LogP contribution in [0.2, 0.25) is 0 Å². The van der Waals surface area contributed by atoms with E-state index in [9.17, 15) is 4.79 Å². The molecule has 1 aromatic carbocycles. The lowest BCUT2D eigenvalue weighted by Crippen LogP contribution is -2.38. The minimum atomic E-state index is -0.108. The highest BCUT2D eigenvalue weighted by Gasteiger charge is 2.10. The molecule has 0 aliphatic carbocycles. The highest BCUT2D eigenvalue weighted by molar-refractivity contribution is 5.77. The number of nitrogens with two attached hydrogens (primary N) is 1. The maximum Gasteiger partial charge on any atom is 0.258 e. The lowest BCUT2D eigenvalue weighted by molar-refractivity contribution is -0.124. The normalized spacial score (nSPS) is 12.2. The van der Waals surface area contributed by atoms with Crippen molar-refractivity contribution in [1.82, 2.24) is 5.32 Å². The van der Waals surface area contributed by atoms with E-state index in [2.05, 4.69) is 19.2 Å². The van der Waals surface area contributed by atoms with Crippen molar-refractivity contribution >= 4 is 11.6 Å². The van der Waals surface area contributed by atoms with Gasteiger partial charge in [0.2, 0.25) is 0 Å². The number of carbonyl (C=O) groups is 1. The van der Waals surface area contributed by atoms with Crippen LogP contribution in [0, 0.1) is 5.92 Å². The number of hydrogen-bond donors (Lipinski definition) is 2. The quantitative estimate of drug-likeness (QED) is 0.766. The monoisotopic (exact) mass is 236 g/mol. The van der Waals surface area contributed by atoms with Crippen LogP contribution in [0.15, 0.2) is 24.3 Å². The third kappa shape index (κ3) is 4.76. The Morgan fingerprint density at radius 3 is 2.41 bits per heavy atom. The largest absolute Gasteiger partial charge is 0.484 e. The van der Waals surface area contributed by atoms with Crippen molar-refractivity contribution in [2.45, 2.75) is 26.8 Å². The molecule has 1 rings (SSSR count). The minimum absolute atomic E-state index is 0.0287. The van der Waals surface area contributed by atoms with E-state index in [4.69, 9.17) is 10.5 Å². The summed E-state index contributed by atoms with van der Waals surface area (Å²) in [6.45, 7) is 6.13. The van der Waals surface area contributed by atoms with Gasteiger partial charge in [0, 0.05) is 11.7 Å². The summed E-state index contributed by atoms with van der Waals surface area (Å²) in [5.41, 5.74) is 6.22. The third-order valence-electron chi connectivity index (χ3n) is 2.64. The van der Waals surface area contributed by atoms with E-state index in [-0.39, 0.29) is 18.6 Å². The zero-order valence-corrected chi connectivity index (χ0v) is 10.6. The van der Waals surface area contributed by atoms with E-state index in [1.807, 2.05) is 6.92 Å². The third-order valence-corrected chi connectivity index (χ3v) is 2.64. The van der Waals surface area contributed by atoms with Crippen LogP contribution < -0.4 is 15.8 Å². The zero-order chi connectivity index (χ0) is 12.8. The smallest absolute Gasteiger partial charge is 0.258 e. The minimum Gasteiger partial charge on any atom is -0.484 e. The first-order valence-corrected chi connectivity index (χ1v) is 5.76. The number of benzene rings is 1. The SMILES string of the molecule is CC(C)C(C)NC(=O)COc1ccc(N)cc1. The van der Waals surface area contributed by atoms with Crippen molar-refractivity contribution in [3.63, 3.8) is 0 Å². The molecule has 4 heteroatoms. The number of carbonyl (C=O) groups excluding carboxylic acids is 1. The van der Waals surface area contributed by atoms with Crippen molar-refractivity contribution < 1.29 is 9.53 Å². The van der Waals surface area contributed by atoms with E-state index in [1.54, 1.807) is 24.3 Å². The Morgan fingerprint density at radius 2 is 1.88 bits per heavy atom. The standard InChI is InChI=1S/C13H20N2O2/c1-9(2)10(3)15-13(16)8-17-12-6-4-11(14)5-7-12/h4-7,9-10H,8,14H2,1-3H3,(H,15,16). The fourth-order valence-electron chi connectivity index (χ4n) is 1.18. The number of anilines is 1. The lowest BCUT2D eigenvalue weighted by atomic mass is 10.1. The fraction of sp³-hybridized carbons (Fsp3) is 0.462. The first-order chi connectivity index (χ1) is 7.99. The van der Waals surface area contributed by atoms with Crippen LogP contribution in [0.25, 0.3) is 0 Å². The Kier molecular flexibility index (Phi) is 4.82. The van der Waals surface area contributed by atoms with Gasteiger partial charge in [-0.15, -0.1) is 0 Å². The molecular weight excluding hydrogens is 216 g/mol. The molecule has 0 aliphatic rings. The van der Waals surface area contributed by atoms with Gasteiger partial charge >= 0.3 is 0 Å². The van der Waals surface area contributed by atoms with Gasteiger partial charge in [-0.25, -0.2) is 0 Å². The van der Waals surface area contributed by atoms with Gasteiger partial charge in [-0.3, -0.25) is 4.79 Å². The van der Waals surface area contributed by atoms with Crippen LogP contribution in [0.3, 0.4) is 0 Å². The van der Waals surface area contributed by atoms with Crippen molar-refractivity contribution in [2.24, 2.45) is 5.92 Å². The molecule has 0 fully saturated rings. The second-order valence-electron chi connectivity index (χ2n) is 4.46. The summed E-state index contributed by atoms with van der Waals surface area (Å²) in [6, 6.07) is 7.12. The molecule has 0 heterocycles. The van der Waals surface area contributed by atoms with Gasteiger partial charge in [0.15, 0.2) is 6.61 Å². The first kappa shape index (κ1) is 13.4. The van der Waals surface area contributed by atoms with Gasteiger partial charge < -0.3 is 15.8 Å². The molecule has 4 nitrogen and oxygen atoms in total. The topological polar surface area (TPSA) is 64.3 Å². The Morgan fingerprint density at radius 1 is 1.29 bits per heavy atom. The van der Waals surface area contributed by atoms with Crippen LogP contribution in [0.5, 0.6) is 5.75 Å². The highest BCUT2D eigenvalue weighted by Crippen LogP contribution is 2.12. The maximum absolute atomic E-state index is 11.5. The van der Waals surface area contributed by atoms with Crippen LogP contribution in [0.4, 0.5) is 5.69 Å². The Balaban J connectivity index is 2.35. The predicted molar refractivity (Wildman–Crippen MR) is 68.8 cm³/mol. The number of ether oxygens (including phenoxy) is 1.